The number of carboxylic acids is 1. The summed E-state index contributed by atoms with van der Waals surface area (Å²) in [4.78, 5) is 23.0. The highest BCUT2D eigenvalue weighted by atomic mass is 16.4. The van der Waals surface area contributed by atoms with E-state index in [1.165, 1.54) is 12.1 Å². The van der Waals surface area contributed by atoms with Crippen molar-refractivity contribution in [3.05, 3.63) is 29.8 Å². The second kappa shape index (κ2) is 5.16. The van der Waals surface area contributed by atoms with Crippen molar-refractivity contribution in [3.8, 4) is 5.75 Å². The van der Waals surface area contributed by atoms with E-state index in [9.17, 15) is 14.7 Å². The molecule has 1 aromatic rings. The number of rotatable bonds is 5. The molecule has 0 aromatic heterocycles. The highest BCUT2D eigenvalue weighted by molar-refractivity contribution is 5.78. The second-order valence-corrected chi connectivity index (χ2v) is 3.27. The van der Waals surface area contributed by atoms with E-state index < -0.39 is 12.0 Å². The molecule has 0 aliphatic carbocycles. The van der Waals surface area contributed by atoms with Gasteiger partial charge in [0, 0.05) is 6.54 Å². The first-order valence-electron chi connectivity index (χ1n) is 4.83. The van der Waals surface area contributed by atoms with Crippen LogP contribution in [-0.4, -0.2) is 34.0 Å². The molecule has 1 aromatic carbocycles. The molecular weight excluding hydrogens is 210 g/mol. The molecular formula is C11H13NO4. The monoisotopic (exact) mass is 223 g/mol. The van der Waals surface area contributed by atoms with Crippen LogP contribution in [-0.2, 0) is 9.59 Å². The molecule has 1 atom stereocenters. The van der Waals surface area contributed by atoms with E-state index in [4.69, 9.17) is 5.11 Å². The van der Waals surface area contributed by atoms with E-state index in [0.717, 1.165) is 4.90 Å². The van der Waals surface area contributed by atoms with Gasteiger partial charge in [-0.05, 0) is 24.6 Å². The Labute approximate surface area is 92.9 Å². The third-order valence-electron chi connectivity index (χ3n) is 2.25. The lowest BCUT2D eigenvalue weighted by Crippen LogP contribution is -2.32. The summed E-state index contributed by atoms with van der Waals surface area (Å²) >= 11 is 0. The number of phenolic OH excluding ortho intramolecular Hbond substituents is 1. The molecule has 0 aliphatic rings. The van der Waals surface area contributed by atoms with Crippen molar-refractivity contribution < 1.29 is 19.8 Å². The van der Waals surface area contributed by atoms with Gasteiger partial charge < -0.3 is 15.1 Å². The van der Waals surface area contributed by atoms with E-state index in [-0.39, 0.29) is 12.3 Å². The number of hydrogen-bond acceptors (Lipinski definition) is 3. The molecule has 0 heterocycles. The average Bonchev–Trinajstić information content (AvgIpc) is 2.24. The van der Waals surface area contributed by atoms with Crippen LogP contribution in [0, 0.1) is 0 Å². The quantitative estimate of drug-likeness (QED) is 0.730. The predicted molar refractivity (Wildman–Crippen MR) is 56.9 cm³/mol. The third-order valence-corrected chi connectivity index (χ3v) is 2.25. The van der Waals surface area contributed by atoms with Gasteiger partial charge >= 0.3 is 5.97 Å². The molecule has 1 amide bonds. The number of carboxylic acid groups (broad SMARTS) is 1. The fraction of sp³-hybridized carbons (Fsp3) is 0.273. The van der Waals surface area contributed by atoms with Gasteiger partial charge in [0.1, 0.15) is 5.75 Å². The van der Waals surface area contributed by atoms with E-state index >= 15 is 0 Å². The number of benzene rings is 1. The first kappa shape index (κ1) is 12.0. The largest absolute Gasteiger partial charge is 0.508 e. The van der Waals surface area contributed by atoms with Gasteiger partial charge in [0.05, 0.1) is 0 Å². The number of phenols is 1. The Bertz CT molecular complexity index is 391. The SMILES string of the molecule is CCN(C=O)C(C(=O)O)c1cccc(O)c1. The van der Waals surface area contributed by atoms with Crippen LogP contribution in [0.1, 0.15) is 18.5 Å². The molecule has 5 heteroatoms. The lowest BCUT2D eigenvalue weighted by molar-refractivity contribution is -0.146. The van der Waals surface area contributed by atoms with E-state index in [1.807, 2.05) is 0 Å². The molecule has 0 saturated carbocycles. The maximum Gasteiger partial charge on any atom is 0.331 e. The maximum absolute atomic E-state index is 11.1. The second-order valence-electron chi connectivity index (χ2n) is 3.27. The van der Waals surface area contributed by atoms with Gasteiger partial charge in [-0.15, -0.1) is 0 Å². The first-order valence-corrected chi connectivity index (χ1v) is 4.83. The molecule has 0 saturated heterocycles. The zero-order valence-corrected chi connectivity index (χ0v) is 8.83. The van der Waals surface area contributed by atoms with Gasteiger partial charge in [-0.1, -0.05) is 12.1 Å². The summed E-state index contributed by atoms with van der Waals surface area (Å²) in [7, 11) is 0. The van der Waals surface area contributed by atoms with Crippen molar-refractivity contribution in [2.24, 2.45) is 0 Å². The zero-order valence-electron chi connectivity index (χ0n) is 8.83. The van der Waals surface area contributed by atoms with Gasteiger partial charge in [-0.3, -0.25) is 4.79 Å². The Hall–Kier alpha value is -2.04. The molecule has 0 aliphatic heterocycles. The van der Waals surface area contributed by atoms with E-state index in [1.54, 1.807) is 19.1 Å². The van der Waals surface area contributed by atoms with Crippen LogP contribution in [0.5, 0.6) is 5.75 Å². The highest BCUT2D eigenvalue weighted by Crippen LogP contribution is 2.23. The molecule has 86 valence electrons. The number of carbonyl (C=O) groups is 2. The first-order chi connectivity index (χ1) is 7.60. The Morgan fingerprint density at radius 3 is 2.69 bits per heavy atom. The number of nitrogens with zero attached hydrogens (tertiary/aromatic N) is 1. The van der Waals surface area contributed by atoms with Gasteiger partial charge in [0.25, 0.3) is 0 Å². The van der Waals surface area contributed by atoms with Gasteiger partial charge in [0.2, 0.25) is 6.41 Å². The minimum atomic E-state index is -1.13. The van der Waals surface area contributed by atoms with Crippen LogP contribution < -0.4 is 0 Å². The topological polar surface area (TPSA) is 77.8 Å². The van der Waals surface area contributed by atoms with Crippen molar-refractivity contribution in [2.45, 2.75) is 13.0 Å². The fourth-order valence-electron chi connectivity index (χ4n) is 1.49. The van der Waals surface area contributed by atoms with Crippen LogP contribution in [0.2, 0.25) is 0 Å². The van der Waals surface area contributed by atoms with Gasteiger partial charge in [0.15, 0.2) is 6.04 Å². The summed E-state index contributed by atoms with van der Waals surface area (Å²) in [5.74, 6) is -1.15. The maximum atomic E-state index is 11.1. The Morgan fingerprint density at radius 1 is 1.56 bits per heavy atom. The number of aliphatic carboxylic acids is 1. The number of amides is 1. The van der Waals surface area contributed by atoms with Gasteiger partial charge in [-0.25, -0.2) is 4.79 Å². The minimum Gasteiger partial charge on any atom is -0.508 e. The van der Waals surface area contributed by atoms with Crippen LogP contribution >= 0.6 is 0 Å². The molecule has 2 N–H and O–H groups in total. The van der Waals surface area contributed by atoms with Crippen LogP contribution in [0.4, 0.5) is 0 Å². The Kier molecular flexibility index (Phi) is 3.88. The number of hydrogen-bond donors (Lipinski definition) is 2. The van der Waals surface area contributed by atoms with Crippen molar-refractivity contribution in [1.29, 1.82) is 0 Å². The van der Waals surface area contributed by atoms with Crippen LogP contribution in [0.3, 0.4) is 0 Å². The fourth-order valence-corrected chi connectivity index (χ4v) is 1.49. The summed E-state index contributed by atoms with van der Waals surface area (Å²) < 4.78 is 0. The number of likely N-dealkylation sites (N-methyl/N-ethyl adjacent to an activating group) is 1. The molecule has 0 fully saturated rings. The summed E-state index contributed by atoms with van der Waals surface area (Å²) in [6.45, 7) is 1.98. The van der Waals surface area contributed by atoms with E-state index in [2.05, 4.69) is 0 Å². The predicted octanol–water partition coefficient (Wildman–Crippen LogP) is 0.996. The highest BCUT2D eigenvalue weighted by Gasteiger charge is 2.25. The van der Waals surface area contributed by atoms with Gasteiger partial charge in [-0.2, -0.15) is 0 Å². The molecule has 16 heavy (non-hydrogen) atoms. The molecule has 1 rings (SSSR count). The average molecular weight is 223 g/mol. The van der Waals surface area contributed by atoms with Crippen molar-refractivity contribution in [2.75, 3.05) is 6.54 Å². The smallest absolute Gasteiger partial charge is 0.331 e. The normalized spacial score (nSPS) is 11.8. The standard InChI is InChI=1S/C11H13NO4/c1-2-12(7-13)10(11(15)16)8-4-3-5-9(14)6-8/h3-7,10,14H,2H2,1H3,(H,15,16). The summed E-state index contributed by atoms with van der Waals surface area (Å²) in [5, 5.41) is 18.3. The Balaban J connectivity index is 3.11. The summed E-state index contributed by atoms with van der Waals surface area (Å²) in [6.07, 6.45) is 0.489. The third kappa shape index (κ3) is 2.50. The molecule has 0 radical (unpaired) electrons. The molecule has 5 nitrogen and oxygen atoms in total. The lowest BCUT2D eigenvalue weighted by Gasteiger charge is -2.23. The molecule has 0 spiro atoms. The summed E-state index contributed by atoms with van der Waals surface area (Å²) in [6, 6.07) is 4.82. The number of carbonyl (C=O) groups excluding carboxylic acids is 1. The van der Waals surface area contributed by atoms with E-state index in [0.29, 0.717) is 12.0 Å². The lowest BCUT2D eigenvalue weighted by atomic mass is 10.1. The zero-order chi connectivity index (χ0) is 12.1. The molecule has 0 bridgehead atoms. The van der Waals surface area contributed by atoms with Crippen LogP contribution in [0.25, 0.3) is 0 Å². The van der Waals surface area contributed by atoms with Crippen molar-refractivity contribution in [1.82, 2.24) is 4.90 Å². The summed E-state index contributed by atoms with van der Waals surface area (Å²) in [5.41, 5.74) is 0.376. The van der Waals surface area contributed by atoms with Crippen molar-refractivity contribution in [3.63, 3.8) is 0 Å². The molecule has 1 unspecified atom stereocenters. The minimum absolute atomic E-state index is 0.0225. The van der Waals surface area contributed by atoms with Crippen molar-refractivity contribution >= 4 is 12.4 Å². The van der Waals surface area contributed by atoms with Crippen LogP contribution in [0.15, 0.2) is 24.3 Å². The Morgan fingerprint density at radius 2 is 2.25 bits per heavy atom. The number of aromatic hydroxyl groups is 1.